The number of hydrogen-bond donors (Lipinski definition) is 1. The van der Waals surface area contributed by atoms with Crippen molar-refractivity contribution in [1.82, 2.24) is 4.98 Å². The molecule has 0 bridgehead atoms. The van der Waals surface area contributed by atoms with Crippen LogP contribution in [0.25, 0.3) is 10.9 Å². The highest BCUT2D eigenvalue weighted by molar-refractivity contribution is 5.82. The number of aromatic nitrogens is 1. The number of H-pyrrole nitrogens is 1. The molecule has 0 fully saturated rings. The Hall–Kier alpha value is -1.24. The quantitative estimate of drug-likeness (QED) is 0.622. The lowest BCUT2D eigenvalue weighted by atomic mass is 10.2. The van der Waals surface area contributed by atoms with E-state index in [1.54, 1.807) is 0 Å². The van der Waals surface area contributed by atoms with Gasteiger partial charge in [0.25, 0.3) is 0 Å². The van der Waals surface area contributed by atoms with Gasteiger partial charge in [0.15, 0.2) is 0 Å². The lowest BCUT2D eigenvalue weighted by Gasteiger charge is -1.92. The van der Waals surface area contributed by atoms with Gasteiger partial charge in [-0.1, -0.05) is 38.5 Å². The maximum atomic E-state index is 3.19. The highest BCUT2D eigenvalue weighted by Crippen LogP contribution is 2.14. The fourth-order valence-corrected chi connectivity index (χ4v) is 1.24. The van der Waals surface area contributed by atoms with E-state index in [1.807, 2.05) is 6.20 Å². The van der Waals surface area contributed by atoms with Crippen LogP contribution in [0.3, 0.4) is 0 Å². The van der Waals surface area contributed by atoms with E-state index in [-0.39, 0.29) is 1.43 Å². The molecule has 13 heavy (non-hydrogen) atoms. The first-order valence-electron chi connectivity index (χ1n) is 4.82. The summed E-state index contributed by atoms with van der Waals surface area (Å²) in [7, 11) is 0. The van der Waals surface area contributed by atoms with E-state index in [0.29, 0.717) is 0 Å². The Morgan fingerprint density at radius 2 is 1.92 bits per heavy atom. The van der Waals surface area contributed by atoms with Crippen LogP contribution in [0.5, 0.6) is 0 Å². The third kappa shape index (κ3) is 2.35. The Kier molecular flexibility index (Phi) is 3.56. The number of para-hydroxylation sites is 1. The molecule has 0 radical (unpaired) electrons. The van der Waals surface area contributed by atoms with Crippen LogP contribution in [-0.2, 0) is 0 Å². The van der Waals surface area contributed by atoms with Gasteiger partial charge in [-0.3, -0.25) is 0 Å². The Labute approximate surface area is 81.3 Å². The summed E-state index contributed by atoms with van der Waals surface area (Å²) in [5.74, 6) is 0. The van der Waals surface area contributed by atoms with Gasteiger partial charge in [0.1, 0.15) is 0 Å². The zero-order valence-corrected chi connectivity index (χ0v) is 8.59. The van der Waals surface area contributed by atoms with Crippen molar-refractivity contribution >= 4 is 10.9 Å². The van der Waals surface area contributed by atoms with E-state index in [9.17, 15) is 0 Å². The van der Waals surface area contributed by atoms with Crippen LogP contribution in [0.2, 0.25) is 0 Å². The summed E-state index contributed by atoms with van der Waals surface area (Å²) in [6.07, 6.45) is 3.22. The molecule has 0 atom stereocenters. The van der Waals surface area contributed by atoms with E-state index in [4.69, 9.17) is 0 Å². The SMILES string of the molecule is CCC.Cc1cccc2cc[nH]c12.[HH]. The first-order chi connectivity index (χ1) is 6.29. The third-order valence-electron chi connectivity index (χ3n) is 1.80. The zero-order valence-electron chi connectivity index (χ0n) is 8.59. The van der Waals surface area contributed by atoms with Crippen molar-refractivity contribution in [3.8, 4) is 0 Å². The molecule has 1 N–H and O–H groups in total. The molecule has 0 aliphatic rings. The Balaban J connectivity index is 0.000000381. The Morgan fingerprint density at radius 3 is 2.54 bits per heavy atom. The predicted octanol–water partition coefficient (Wildman–Crippen LogP) is 4.14. The number of fused-ring (bicyclic) bond motifs is 1. The molecule has 0 amide bonds. The molecule has 0 saturated carbocycles. The number of aryl methyl sites for hydroxylation is 1. The van der Waals surface area contributed by atoms with Gasteiger partial charge in [0.2, 0.25) is 0 Å². The van der Waals surface area contributed by atoms with Gasteiger partial charge < -0.3 is 4.98 Å². The molecular weight excluding hydrogens is 158 g/mol. The fourth-order valence-electron chi connectivity index (χ4n) is 1.24. The minimum absolute atomic E-state index is 0. The molecule has 1 heterocycles. The van der Waals surface area contributed by atoms with Gasteiger partial charge in [-0.2, -0.15) is 0 Å². The molecular formula is C12H19N. The summed E-state index contributed by atoms with van der Waals surface area (Å²) in [6, 6.07) is 8.38. The highest BCUT2D eigenvalue weighted by atomic mass is 14.7. The second-order valence-electron chi connectivity index (χ2n) is 3.22. The lowest BCUT2D eigenvalue weighted by Crippen LogP contribution is -1.72. The van der Waals surface area contributed by atoms with Gasteiger partial charge in [0, 0.05) is 13.1 Å². The van der Waals surface area contributed by atoms with Crippen molar-refractivity contribution in [3.63, 3.8) is 0 Å². The molecule has 1 aromatic heterocycles. The Morgan fingerprint density at radius 1 is 1.23 bits per heavy atom. The topological polar surface area (TPSA) is 15.8 Å². The molecule has 1 heteroatoms. The summed E-state index contributed by atoms with van der Waals surface area (Å²) in [5, 5.41) is 1.29. The molecule has 1 aromatic carbocycles. The van der Waals surface area contributed by atoms with Crippen molar-refractivity contribution in [2.45, 2.75) is 27.2 Å². The third-order valence-corrected chi connectivity index (χ3v) is 1.80. The minimum Gasteiger partial charge on any atom is -0.361 e. The van der Waals surface area contributed by atoms with Crippen molar-refractivity contribution in [1.29, 1.82) is 0 Å². The summed E-state index contributed by atoms with van der Waals surface area (Å²) >= 11 is 0. The first kappa shape index (κ1) is 9.85. The van der Waals surface area contributed by atoms with Crippen LogP contribution in [0, 0.1) is 6.92 Å². The average Bonchev–Trinajstić information content (AvgIpc) is 2.54. The number of hydrogen-bond acceptors (Lipinski definition) is 0. The van der Waals surface area contributed by atoms with Crippen LogP contribution in [-0.4, -0.2) is 4.98 Å². The van der Waals surface area contributed by atoms with Crippen molar-refractivity contribution in [2.75, 3.05) is 0 Å². The van der Waals surface area contributed by atoms with E-state index >= 15 is 0 Å². The molecule has 0 unspecified atom stereocenters. The normalized spacial score (nSPS) is 9.46. The molecule has 0 aliphatic carbocycles. The van der Waals surface area contributed by atoms with E-state index in [2.05, 4.69) is 50.0 Å². The maximum Gasteiger partial charge on any atom is 0.0483 e. The van der Waals surface area contributed by atoms with Gasteiger partial charge in [-0.15, -0.1) is 0 Å². The molecule has 0 aliphatic heterocycles. The molecule has 0 spiro atoms. The fraction of sp³-hybridized carbons (Fsp3) is 0.333. The van der Waals surface area contributed by atoms with Gasteiger partial charge >= 0.3 is 0 Å². The average molecular weight is 177 g/mol. The van der Waals surface area contributed by atoms with E-state index in [0.717, 1.165) is 0 Å². The predicted molar refractivity (Wildman–Crippen MR) is 61.1 cm³/mol. The summed E-state index contributed by atoms with van der Waals surface area (Å²) in [4.78, 5) is 3.19. The smallest absolute Gasteiger partial charge is 0.0483 e. The first-order valence-corrected chi connectivity index (χ1v) is 4.82. The molecule has 2 rings (SSSR count). The zero-order chi connectivity index (χ0) is 9.68. The van der Waals surface area contributed by atoms with Crippen LogP contribution in [0.1, 0.15) is 27.3 Å². The molecule has 2 aromatic rings. The molecule has 1 nitrogen and oxygen atoms in total. The number of benzene rings is 1. The van der Waals surface area contributed by atoms with Gasteiger partial charge in [0.05, 0.1) is 0 Å². The van der Waals surface area contributed by atoms with Crippen LogP contribution in [0.15, 0.2) is 30.5 Å². The second-order valence-corrected chi connectivity index (χ2v) is 3.22. The number of nitrogens with one attached hydrogen (secondary N) is 1. The van der Waals surface area contributed by atoms with Crippen molar-refractivity contribution < 1.29 is 1.43 Å². The second kappa shape index (κ2) is 4.70. The van der Waals surface area contributed by atoms with Crippen LogP contribution < -0.4 is 0 Å². The standard InChI is InChI=1S/C9H9N.C3H8.H2/c1-7-3-2-4-8-5-6-10-9(7)8;1-3-2;/h2-6,10H,1H3;3H2,1-2H3;1H. The number of rotatable bonds is 0. The monoisotopic (exact) mass is 177 g/mol. The summed E-state index contributed by atoms with van der Waals surface area (Å²) < 4.78 is 0. The van der Waals surface area contributed by atoms with Crippen molar-refractivity contribution in [3.05, 3.63) is 36.0 Å². The summed E-state index contributed by atoms with van der Waals surface area (Å²) in [6.45, 7) is 6.36. The van der Waals surface area contributed by atoms with Gasteiger partial charge in [-0.25, -0.2) is 0 Å². The lowest BCUT2D eigenvalue weighted by molar-refractivity contribution is 1.09. The highest BCUT2D eigenvalue weighted by Gasteiger charge is 1.93. The van der Waals surface area contributed by atoms with Gasteiger partial charge in [-0.05, 0) is 23.9 Å². The molecule has 0 saturated heterocycles. The largest absolute Gasteiger partial charge is 0.361 e. The van der Waals surface area contributed by atoms with Crippen molar-refractivity contribution in [2.24, 2.45) is 0 Å². The minimum atomic E-state index is 0. The summed E-state index contributed by atoms with van der Waals surface area (Å²) in [5.41, 5.74) is 2.56. The Bertz CT molecular complexity index is 365. The molecule has 72 valence electrons. The van der Waals surface area contributed by atoms with E-state index in [1.165, 1.54) is 22.9 Å². The van der Waals surface area contributed by atoms with E-state index < -0.39 is 0 Å². The number of aromatic amines is 1. The maximum absolute atomic E-state index is 3.19. The van der Waals surface area contributed by atoms with Crippen LogP contribution >= 0.6 is 0 Å². The van der Waals surface area contributed by atoms with Crippen LogP contribution in [0.4, 0.5) is 0 Å².